The fourth-order valence-electron chi connectivity index (χ4n) is 1.65. The van der Waals surface area contributed by atoms with Crippen LogP contribution in [-0.2, 0) is 0 Å². The summed E-state index contributed by atoms with van der Waals surface area (Å²) in [6, 6.07) is 11.5. The van der Waals surface area contributed by atoms with E-state index in [9.17, 15) is 10.1 Å². The van der Waals surface area contributed by atoms with E-state index in [1.807, 2.05) is 12.1 Å². The molecule has 0 unspecified atom stereocenters. The maximum atomic E-state index is 10.5. The summed E-state index contributed by atoms with van der Waals surface area (Å²) < 4.78 is 6.43. The van der Waals surface area contributed by atoms with E-state index in [0.29, 0.717) is 23.9 Å². The Balaban J connectivity index is 1.81. The molecule has 0 amide bonds. The SMILES string of the molecule is O=[N+]([O-])c1ccc(OCCNc2cc(Br)ccc2Cl)cc1. The number of hydrogen-bond donors (Lipinski definition) is 1. The highest BCUT2D eigenvalue weighted by Gasteiger charge is 2.04. The van der Waals surface area contributed by atoms with Gasteiger partial charge in [0.2, 0.25) is 0 Å². The second-order valence-electron chi connectivity index (χ2n) is 4.15. The molecular weight excluding hydrogens is 360 g/mol. The molecule has 0 aromatic heterocycles. The summed E-state index contributed by atoms with van der Waals surface area (Å²) in [4.78, 5) is 10.1. The molecule has 0 saturated heterocycles. The number of benzene rings is 2. The fraction of sp³-hybridized carbons (Fsp3) is 0.143. The van der Waals surface area contributed by atoms with Crippen LogP contribution in [0.15, 0.2) is 46.9 Å². The van der Waals surface area contributed by atoms with Crippen molar-refractivity contribution in [2.24, 2.45) is 0 Å². The average molecular weight is 372 g/mol. The van der Waals surface area contributed by atoms with Crippen molar-refractivity contribution in [3.05, 3.63) is 62.1 Å². The molecule has 0 bridgehead atoms. The molecule has 0 fully saturated rings. The highest BCUT2D eigenvalue weighted by molar-refractivity contribution is 9.10. The van der Waals surface area contributed by atoms with Crippen LogP contribution < -0.4 is 10.1 Å². The van der Waals surface area contributed by atoms with Crippen molar-refractivity contribution in [1.29, 1.82) is 0 Å². The Hall–Kier alpha value is -1.79. The molecule has 0 spiro atoms. The highest BCUT2D eigenvalue weighted by atomic mass is 79.9. The molecule has 0 atom stereocenters. The topological polar surface area (TPSA) is 64.4 Å². The van der Waals surface area contributed by atoms with Crippen molar-refractivity contribution in [2.45, 2.75) is 0 Å². The van der Waals surface area contributed by atoms with Crippen LogP contribution in [0.4, 0.5) is 11.4 Å². The fourth-order valence-corrected chi connectivity index (χ4v) is 2.20. The number of nitrogens with zero attached hydrogens (tertiary/aromatic N) is 1. The molecule has 1 N–H and O–H groups in total. The van der Waals surface area contributed by atoms with Crippen LogP contribution in [0, 0.1) is 10.1 Å². The molecule has 0 saturated carbocycles. The first-order valence-corrected chi connectivity index (χ1v) is 7.29. The predicted molar refractivity (Wildman–Crippen MR) is 86.2 cm³/mol. The molecule has 110 valence electrons. The number of ether oxygens (including phenoxy) is 1. The third kappa shape index (κ3) is 4.61. The maximum absolute atomic E-state index is 10.5. The average Bonchev–Trinajstić information content (AvgIpc) is 2.47. The minimum atomic E-state index is -0.444. The molecule has 7 heteroatoms. The zero-order chi connectivity index (χ0) is 15.2. The third-order valence-corrected chi connectivity index (χ3v) is 3.49. The van der Waals surface area contributed by atoms with E-state index in [4.69, 9.17) is 16.3 Å². The zero-order valence-electron chi connectivity index (χ0n) is 10.9. The van der Waals surface area contributed by atoms with Gasteiger partial charge in [-0.1, -0.05) is 27.5 Å². The summed E-state index contributed by atoms with van der Waals surface area (Å²) in [6.07, 6.45) is 0. The van der Waals surface area contributed by atoms with Gasteiger partial charge < -0.3 is 10.1 Å². The van der Waals surface area contributed by atoms with Gasteiger partial charge in [0.1, 0.15) is 12.4 Å². The van der Waals surface area contributed by atoms with Gasteiger partial charge in [0.05, 0.1) is 15.6 Å². The van der Waals surface area contributed by atoms with Crippen molar-refractivity contribution in [1.82, 2.24) is 0 Å². The van der Waals surface area contributed by atoms with E-state index < -0.39 is 4.92 Å². The zero-order valence-corrected chi connectivity index (χ0v) is 13.2. The van der Waals surface area contributed by atoms with Gasteiger partial charge in [-0.3, -0.25) is 10.1 Å². The number of nitro groups is 1. The van der Waals surface area contributed by atoms with E-state index in [1.54, 1.807) is 18.2 Å². The lowest BCUT2D eigenvalue weighted by Crippen LogP contribution is -2.11. The van der Waals surface area contributed by atoms with Crippen LogP contribution in [0.5, 0.6) is 5.75 Å². The summed E-state index contributed by atoms with van der Waals surface area (Å²) >= 11 is 9.43. The van der Waals surface area contributed by atoms with Crippen LogP contribution >= 0.6 is 27.5 Å². The van der Waals surface area contributed by atoms with Gasteiger partial charge in [-0.25, -0.2) is 0 Å². The summed E-state index contributed by atoms with van der Waals surface area (Å²) in [5.74, 6) is 0.586. The lowest BCUT2D eigenvalue weighted by molar-refractivity contribution is -0.384. The van der Waals surface area contributed by atoms with Crippen molar-refractivity contribution >= 4 is 38.9 Å². The number of non-ortho nitro benzene ring substituents is 1. The van der Waals surface area contributed by atoms with Gasteiger partial charge in [-0.2, -0.15) is 0 Å². The van der Waals surface area contributed by atoms with Gasteiger partial charge in [-0.15, -0.1) is 0 Å². The Morgan fingerprint density at radius 2 is 1.95 bits per heavy atom. The number of nitrogens with one attached hydrogen (secondary N) is 1. The molecule has 0 radical (unpaired) electrons. The minimum Gasteiger partial charge on any atom is -0.492 e. The van der Waals surface area contributed by atoms with Crippen LogP contribution in [0.3, 0.4) is 0 Å². The summed E-state index contributed by atoms with van der Waals surface area (Å²) in [5.41, 5.74) is 0.861. The molecule has 21 heavy (non-hydrogen) atoms. The Labute approximate surface area is 135 Å². The number of halogens is 2. The van der Waals surface area contributed by atoms with E-state index >= 15 is 0 Å². The van der Waals surface area contributed by atoms with Crippen LogP contribution in [0.1, 0.15) is 0 Å². The van der Waals surface area contributed by atoms with Gasteiger partial charge in [0.15, 0.2) is 0 Å². The van der Waals surface area contributed by atoms with Crippen molar-refractivity contribution < 1.29 is 9.66 Å². The molecule has 5 nitrogen and oxygen atoms in total. The van der Waals surface area contributed by atoms with Gasteiger partial charge >= 0.3 is 0 Å². The Morgan fingerprint density at radius 1 is 1.24 bits per heavy atom. The second-order valence-corrected chi connectivity index (χ2v) is 5.47. The third-order valence-electron chi connectivity index (χ3n) is 2.66. The molecule has 0 aliphatic rings. The second kappa shape index (κ2) is 7.28. The lowest BCUT2D eigenvalue weighted by Gasteiger charge is -2.10. The Kier molecular flexibility index (Phi) is 5.41. The minimum absolute atomic E-state index is 0.0430. The van der Waals surface area contributed by atoms with Crippen molar-refractivity contribution in [3.63, 3.8) is 0 Å². The first-order chi connectivity index (χ1) is 10.1. The number of anilines is 1. The smallest absolute Gasteiger partial charge is 0.269 e. The van der Waals surface area contributed by atoms with E-state index in [-0.39, 0.29) is 5.69 Å². The number of hydrogen-bond acceptors (Lipinski definition) is 4. The monoisotopic (exact) mass is 370 g/mol. The molecule has 0 heterocycles. The highest BCUT2D eigenvalue weighted by Crippen LogP contribution is 2.25. The Morgan fingerprint density at radius 3 is 2.62 bits per heavy atom. The first-order valence-electron chi connectivity index (χ1n) is 6.12. The predicted octanol–water partition coefficient (Wildman–Crippen LogP) is 4.50. The first kappa shape index (κ1) is 15.6. The summed E-state index contributed by atoms with van der Waals surface area (Å²) in [6.45, 7) is 0.980. The van der Waals surface area contributed by atoms with Crippen molar-refractivity contribution in [3.8, 4) is 5.75 Å². The van der Waals surface area contributed by atoms with E-state index in [2.05, 4.69) is 21.2 Å². The Bertz CT molecular complexity index is 635. The number of rotatable bonds is 6. The standard InChI is InChI=1S/C14H12BrClN2O3/c15-10-1-6-13(16)14(9-10)17-7-8-21-12-4-2-11(3-5-12)18(19)20/h1-6,9,17H,7-8H2. The molecule has 2 rings (SSSR count). The van der Waals surface area contributed by atoms with Gasteiger partial charge in [0.25, 0.3) is 5.69 Å². The van der Waals surface area contributed by atoms with E-state index in [0.717, 1.165) is 10.2 Å². The maximum Gasteiger partial charge on any atom is 0.269 e. The molecule has 0 aliphatic carbocycles. The molecule has 2 aromatic rings. The number of nitro benzene ring substituents is 1. The molecule has 0 aliphatic heterocycles. The van der Waals surface area contributed by atoms with Crippen molar-refractivity contribution in [2.75, 3.05) is 18.5 Å². The van der Waals surface area contributed by atoms with E-state index in [1.165, 1.54) is 12.1 Å². The van der Waals surface area contributed by atoms with Crippen LogP contribution in [-0.4, -0.2) is 18.1 Å². The quantitative estimate of drug-likeness (QED) is 0.461. The summed E-state index contributed by atoms with van der Waals surface area (Å²) in [7, 11) is 0. The molecule has 2 aromatic carbocycles. The lowest BCUT2D eigenvalue weighted by atomic mass is 10.3. The summed E-state index contributed by atoms with van der Waals surface area (Å²) in [5, 5.41) is 14.3. The molecular formula is C14H12BrClN2O3. The van der Waals surface area contributed by atoms with Crippen LogP contribution in [0.2, 0.25) is 5.02 Å². The van der Waals surface area contributed by atoms with Crippen LogP contribution in [0.25, 0.3) is 0 Å². The van der Waals surface area contributed by atoms with Gasteiger partial charge in [-0.05, 0) is 30.3 Å². The largest absolute Gasteiger partial charge is 0.492 e. The van der Waals surface area contributed by atoms with Gasteiger partial charge in [0, 0.05) is 23.2 Å². The normalized spacial score (nSPS) is 10.2.